The van der Waals surface area contributed by atoms with E-state index >= 15 is 0 Å². The van der Waals surface area contributed by atoms with E-state index < -0.39 is 28.5 Å². The van der Waals surface area contributed by atoms with Gasteiger partial charge in [0, 0.05) is 0 Å². The Bertz CT molecular complexity index is 559. The van der Waals surface area contributed by atoms with Crippen molar-refractivity contribution in [2.45, 2.75) is 19.9 Å². The van der Waals surface area contributed by atoms with E-state index in [1.807, 2.05) is 0 Å². The summed E-state index contributed by atoms with van der Waals surface area (Å²) >= 11 is 5.69. The van der Waals surface area contributed by atoms with Crippen LogP contribution < -0.4 is 5.32 Å². The number of nitrogens with one attached hydrogen (secondary N) is 1. The Morgan fingerprint density at radius 1 is 1.40 bits per heavy atom. The minimum atomic E-state index is -1.21. The zero-order valence-corrected chi connectivity index (χ0v) is 11.5. The van der Waals surface area contributed by atoms with Gasteiger partial charge in [-0.15, -0.1) is 0 Å². The highest BCUT2D eigenvalue weighted by Crippen LogP contribution is 2.28. The van der Waals surface area contributed by atoms with Crippen LogP contribution in [-0.2, 0) is 4.79 Å². The molecule has 108 valence electrons. The number of nitro groups is 1. The number of hydrogen-bond acceptors (Lipinski definition) is 4. The van der Waals surface area contributed by atoms with Gasteiger partial charge in [0.1, 0.15) is 16.6 Å². The molecule has 0 fully saturated rings. The number of nitrogens with zero attached hydrogens (tertiary/aromatic N) is 1. The summed E-state index contributed by atoms with van der Waals surface area (Å²) in [5, 5.41) is 22.0. The van der Waals surface area contributed by atoms with E-state index in [4.69, 9.17) is 16.7 Å². The van der Waals surface area contributed by atoms with Crippen molar-refractivity contribution >= 4 is 29.2 Å². The molecule has 0 radical (unpaired) electrons. The second kappa shape index (κ2) is 6.33. The van der Waals surface area contributed by atoms with Gasteiger partial charge < -0.3 is 10.4 Å². The molecule has 1 aromatic carbocycles. The van der Waals surface area contributed by atoms with Crippen LogP contribution in [0.4, 0.5) is 5.69 Å². The van der Waals surface area contributed by atoms with Crippen molar-refractivity contribution in [3.63, 3.8) is 0 Å². The Morgan fingerprint density at radius 3 is 2.45 bits per heavy atom. The third kappa shape index (κ3) is 3.45. The van der Waals surface area contributed by atoms with E-state index in [0.717, 1.165) is 0 Å². The highest BCUT2D eigenvalue weighted by molar-refractivity contribution is 6.33. The third-order valence-corrected chi connectivity index (χ3v) is 2.94. The summed E-state index contributed by atoms with van der Waals surface area (Å²) in [7, 11) is 0. The first-order valence-electron chi connectivity index (χ1n) is 5.72. The number of carbonyl (C=O) groups is 2. The zero-order valence-electron chi connectivity index (χ0n) is 10.8. The molecular formula is C12H13ClN2O5. The number of para-hydroxylation sites is 1. The number of hydrogen-bond donors (Lipinski definition) is 2. The van der Waals surface area contributed by atoms with E-state index in [1.165, 1.54) is 18.2 Å². The molecule has 1 aromatic rings. The van der Waals surface area contributed by atoms with Gasteiger partial charge in [0.25, 0.3) is 5.91 Å². The van der Waals surface area contributed by atoms with E-state index in [0.29, 0.717) is 0 Å². The third-order valence-electron chi connectivity index (χ3n) is 2.63. The van der Waals surface area contributed by atoms with Gasteiger partial charge in [0.05, 0.1) is 4.92 Å². The van der Waals surface area contributed by atoms with E-state index in [-0.39, 0.29) is 16.5 Å². The lowest BCUT2D eigenvalue weighted by atomic mass is 10.0. The summed E-state index contributed by atoms with van der Waals surface area (Å²) in [5.41, 5.74) is -0.811. The van der Waals surface area contributed by atoms with Crippen LogP contribution in [0.1, 0.15) is 24.2 Å². The molecule has 0 saturated carbocycles. The molecule has 1 amide bonds. The van der Waals surface area contributed by atoms with Gasteiger partial charge in [-0.05, 0) is 18.1 Å². The molecule has 0 heterocycles. The van der Waals surface area contributed by atoms with Crippen LogP contribution in [0.3, 0.4) is 0 Å². The fourth-order valence-electron chi connectivity index (χ4n) is 1.62. The normalized spacial score (nSPS) is 12.0. The van der Waals surface area contributed by atoms with Gasteiger partial charge >= 0.3 is 11.7 Å². The van der Waals surface area contributed by atoms with Gasteiger partial charge in [0.2, 0.25) is 0 Å². The number of aliphatic carboxylic acids is 1. The predicted octanol–water partition coefficient (Wildman–Crippen LogP) is 2.09. The minimum absolute atomic E-state index is 0.181. The first kappa shape index (κ1) is 15.9. The molecule has 0 bridgehead atoms. The second-order valence-electron chi connectivity index (χ2n) is 4.43. The molecule has 1 atom stereocenters. The number of benzene rings is 1. The van der Waals surface area contributed by atoms with Gasteiger partial charge in [0.15, 0.2) is 0 Å². The van der Waals surface area contributed by atoms with Crippen LogP contribution in [0.15, 0.2) is 18.2 Å². The van der Waals surface area contributed by atoms with Crippen molar-refractivity contribution in [3.05, 3.63) is 38.9 Å². The van der Waals surface area contributed by atoms with Gasteiger partial charge in [-0.25, -0.2) is 4.79 Å². The van der Waals surface area contributed by atoms with E-state index in [1.54, 1.807) is 13.8 Å². The van der Waals surface area contributed by atoms with E-state index in [2.05, 4.69) is 5.32 Å². The lowest BCUT2D eigenvalue weighted by Gasteiger charge is -2.17. The second-order valence-corrected chi connectivity index (χ2v) is 4.83. The lowest BCUT2D eigenvalue weighted by molar-refractivity contribution is -0.385. The first-order valence-corrected chi connectivity index (χ1v) is 6.10. The summed E-state index contributed by atoms with van der Waals surface area (Å²) in [5.74, 6) is -2.42. The molecule has 2 N–H and O–H groups in total. The molecular weight excluding hydrogens is 288 g/mol. The maximum absolute atomic E-state index is 12.0. The van der Waals surface area contributed by atoms with Crippen LogP contribution in [0, 0.1) is 16.0 Å². The molecule has 0 aliphatic heterocycles. The minimum Gasteiger partial charge on any atom is -0.480 e. The SMILES string of the molecule is CC(C)C(NC(=O)c1cccc(Cl)c1[N+](=O)[O-])C(=O)O. The number of nitro benzene ring substituents is 1. The Balaban J connectivity index is 3.13. The summed E-state index contributed by atoms with van der Waals surface area (Å²) < 4.78 is 0. The van der Waals surface area contributed by atoms with E-state index in [9.17, 15) is 19.7 Å². The maximum Gasteiger partial charge on any atom is 0.326 e. The molecule has 8 heteroatoms. The zero-order chi connectivity index (χ0) is 15.4. The van der Waals surface area contributed by atoms with Crippen molar-refractivity contribution in [1.29, 1.82) is 0 Å². The number of carbonyl (C=O) groups excluding carboxylic acids is 1. The topological polar surface area (TPSA) is 110 Å². The molecule has 1 unspecified atom stereocenters. The highest BCUT2D eigenvalue weighted by atomic mass is 35.5. The van der Waals surface area contributed by atoms with Crippen molar-refractivity contribution in [3.8, 4) is 0 Å². The molecule has 0 aliphatic rings. The summed E-state index contributed by atoms with van der Waals surface area (Å²) in [6.45, 7) is 3.23. The predicted molar refractivity (Wildman–Crippen MR) is 71.8 cm³/mol. The molecule has 0 spiro atoms. The molecule has 7 nitrogen and oxygen atoms in total. The number of carboxylic acid groups (broad SMARTS) is 1. The van der Waals surface area contributed by atoms with Crippen LogP contribution in [0.5, 0.6) is 0 Å². The lowest BCUT2D eigenvalue weighted by Crippen LogP contribution is -2.44. The van der Waals surface area contributed by atoms with Crippen molar-refractivity contribution < 1.29 is 19.6 Å². The fourth-order valence-corrected chi connectivity index (χ4v) is 1.86. The summed E-state index contributed by atoms with van der Waals surface area (Å²) in [4.78, 5) is 33.2. The van der Waals surface area contributed by atoms with Crippen molar-refractivity contribution in [1.82, 2.24) is 5.32 Å². The smallest absolute Gasteiger partial charge is 0.326 e. The van der Waals surface area contributed by atoms with Gasteiger partial charge in [-0.2, -0.15) is 0 Å². The average Bonchev–Trinajstić information content (AvgIpc) is 2.33. The van der Waals surface area contributed by atoms with Crippen LogP contribution in [-0.4, -0.2) is 27.9 Å². The maximum atomic E-state index is 12.0. The number of amides is 1. The monoisotopic (exact) mass is 300 g/mol. The molecule has 0 aliphatic carbocycles. The molecule has 20 heavy (non-hydrogen) atoms. The Kier molecular flexibility index (Phi) is 5.04. The Hall–Kier alpha value is -2.15. The Labute approximate surface area is 119 Å². The van der Waals surface area contributed by atoms with Crippen molar-refractivity contribution in [2.75, 3.05) is 0 Å². The number of halogens is 1. The standard InChI is InChI=1S/C12H13ClN2O5/c1-6(2)9(12(17)18)14-11(16)7-4-3-5-8(13)10(7)15(19)20/h3-6,9H,1-2H3,(H,14,16)(H,17,18). The van der Waals surface area contributed by atoms with Gasteiger partial charge in [-0.3, -0.25) is 14.9 Å². The number of carboxylic acids is 1. The first-order chi connectivity index (χ1) is 9.25. The van der Waals surface area contributed by atoms with Crippen LogP contribution in [0.2, 0.25) is 5.02 Å². The van der Waals surface area contributed by atoms with Gasteiger partial charge in [-0.1, -0.05) is 31.5 Å². The summed E-state index contributed by atoms with van der Waals surface area (Å²) in [6.07, 6.45) is 0. The number of rotatable bonds is 5. The van der Waals surface area contributed by atoms with Crippen LogP contribution >= 0.6 is 11.6 Å². The highest BCUT2D eigenvalue weighted by Gasteiger charge is 2.28. The van der Waals surface area contributed by atoms with Crippen molar-refractivity contribution in [2.24, 2.45) is 5.92 Å². The quantitative estimate of drug-likeness (QED) is 0.639. The molecule has 0 saturated heterocycles. The molecule has 0 aromatic heterocycles. The Morgan fingerprint density at radius 2 is 2.00 bits per heavy atom. The molecule has 1 rings (SSSR count). The summed E-state index contributed by atoms with van der Waals surface area (Å²) in [6, 6.07) is 2.75. The van der Waals surface area contributed by atoms with Crippen LogP contribution in [0.25, 0.3) is 0 Å². The average molecular weight is 301 g/mol. The largest absolute Gasteiger partial charge is 0.480 e. The fraction of sp³-hybridized carbons (Fsp3) is 0.333.